The normalized spacial score (nSPS) is 25.6. The first-order valence-electron chi connectivity index (χ1n) is 10.4. The fraction of sp³-hybridized carbons (Fsp3) is 0.789. The fourth-order valence-electron chi connectivity index (χ4n) is 4.46. The molecule has 2 aliphatic rings. The van der Waals surface area contributed by atoms with E-state index in [1.807, 2.05) is 0 Å². The Morgan fingerprint density at radius 1 is 0.818 bits per heavy atom. The number of rotatable bonds is 10. The Morgan fingerprint density at radius 3 is 1.48 bits per heavy atom. The second-order valence-corrected chi connectivity index (χ2v) is 11.3. The predicted octanol–water partition coefficient (Wildman–Crippen LogP) is 1.22. The van der Waals surface area contributed by atoms with Crippen LogP contribution in [0, 0.1) is 23.7 Å². The van der Waals surface area contributed by atoms with Gasteiger partial charge in [-0.1, -0.05) is 10.3 Å². The van der Waals surface area contributed by atoms with Gasteiger partial charge in [-0.2, -0.15) is 16.8 Å². The molecule has 0 aromatic heterocycles. The van der Waals surface area contributed by atoms with Crippen molar-refractivity contribution in [2.45, 2.75) is 44.9 Å². The molecule has 188 valence electrons. The smallest absolute Gasteiger partial charge is 0.325 e. The fourth-order valence-corrected chi connectivity index (χ4v) is 4.92. The van der Waals surface area contributed by atoms with E-state index in [4.69, 9.17) is 9.47 Å². The lowest BCUT2D eigenvalue weighted by Crippen LogP contribution is -2.36. The van der Waals surface area contributed by atoms with E-state index in [0.717, 1.165) is 12.5 Å². The standard InChI is InChI=1S/C19H30N2O10S2/c1-28-18(22)14(12-7-5-9-16(12)20-30-32(3,24)25)11-15(19(23)29-2)13-8-6-10-17(13)21-31-33(4,26)27/h12-15H,5-11H2,1-4H3/b20-16+,21-17+/t12-,13+,14-,15-/m1/s1. The highest BCUT2D eigenvalue weighted by Crippen LogP contribution is 2.39. The van der Waals surface area contributed by atoms with Gasteiger partial charge >= 0.3 is 32.2 Å². The molecule has 0 amide bonds. The first-order valence-corrected chi connectivity index (χ1v) is 14.1. The maximum Gasteiger partial charge on any atom is 0.325 e. The van der Waals surface area contributed by atoms with Crippen molar-refractivity contribution in [1.82, 2.24) is 0 Å². The van der Waals surface area contributed by atoms with Crippen molar-refractivity contribution in [3.8, 4) is 0 Å². The number of carbonyl (C=O) groups excluding carboxylic acids is 2. The van der Waals surface area contributed by atoms with Gasteiger partial charge in [-0.05, 0) is 44.9 Å². The van der Waals surface area contributed by atoms with Crippen LogP contribution in [0.25, 0.3) is 0 Å². The average Bonchev–Trinajstić information content (AvgIpc) is 3.39. The molecular formula is C19H30N2O10S2. The summed E-state index contributed by atoms with van der Waals surface area (Å²) in [5.41, 5.74) is 0.806. The summed E-state index contributed by atoms with van der Waals surface area (Å²) in [4.78, 5) is 25.4. The zero-order valence-electron chi connectivity index (χ0n) is 19.1. The van der Waals surface area contributed by atoms with Gasteiger partial charge in [-0.3, -0.25) is 18.2 Å². The van der Waals surface area contributed by atoms with Gasteiger partial charge in [-0.15, -0.1) is 0 Å². The SMILES string of the molecule is COC(=O)[C@H](C[C@@H](C(=O)OC)[C@H]1CCC/C1=N\OS(C)(=O)=O)[C@@H]1CCC/C1=N\OS(C)(=O)=O. The van der Waals surface area contributed by atoms with Gasteiger partial charge in [-0.25, -0.2) is 0 Å². The van der Waals surface area contributed by atoms with Gasteiger partial charge in [0.25, 0.3) is 0 Å². The van der Waals surface area contributed by atoms with Crippen LogP contribution >= 0.6 is 0 Å². The Bertz CT molecular complexity index is 924. The number of hydrogen-bond acceptors (Lipinski definition) is 12. The van der Waals surface area contributed by atoms with Crippen LogP contribution in [0.2, 0.25) is 0 Å². The molecule has 0 unspecified atom stereocenters. The number of oxime groups is 2. The Hall–Kier alpha value is -2.22. The minimum atomic E-state index is -3.82. The maximum absolute atomic E-state index is 12.7. The van der Waals surface area contributed by atoms with E-state index in [-0.39, 0.29) is 6.42 Å². The van der Waals surface area contributed by atoms with Gasteiger partial charge in [0.05, 0.1) is 50.0 Å². The molecular weight excluding hydrogens is 480 g/mol. The van der Waals surface area contributed by atoms with Crippen molar-refractivity contribution in [2.24, 2.45) is 34.0 Å². The third-order valence-corrected chi connectivity index (χ3v) is 6.51. The summed E-state index contributed by atoms with van der Waals surface area (Å²) in [7, 11) is -5.19. The second kappa shape index (κ2) is 11.3. The average molecular weight is 511 g/mol. The third kappa shape index (κ3) is 7.95. The number of methoxy groups -OCH3 is 2. The second-order valence-electron chi connectivity index (χ2n) is 8.22. The lowest BCUT2D eigenvalue weighted by Gasteiger charge is -2.28. The van der Waals surface area contributed by atoms with Crippen LogP contribution in [0.15, 0.2) is 10.3 Å². The van der Waals surface area contributed by atoms with Gasteiger partial charge in [0.1, 0.15) is 0 Å². The molecule has 0 radical (unpaired) electrons. The monoisotopic (exact) mass is 510 g/mol. The molecule has 2 saturated carbocycles. The zero-order chi connectivity index (χ0) is 24.8. The lowest BCUT2D eigenvalue weighted by atomic mass is 9.77. The molecule has 0 aliphatic heterocycles. The molecule has 2 rings (SSSR count). The summed E-state index contributed by atoms with van der Waals surface area (Å²) in [5.74, 6) is -3.76. The van der Waals surface area contributed by atoms with E-state index in [1.54, 1.807) is 0 Å². The van der Waals surface area contributed by atoms with Gasteiger partial charge in [0.15, 0.2) is 0 Å². The molecule has 0 bridgehead atoms. The number of hydrogen-bond donors (Lipinski definition) is 0. The highest BCUT2D eigenvalue weighted by molar-refractivity contribution is 7.86. The Morgan fingerprint density at radius 2 is 1.18 bits per heavy atom. The summed E-state index contributed by atoms with van der Waals surface area (Å²) in [5, 5.41) is 7.50. The third-order valence-electron chi connectivity index (χ3n) is 5.82. The van der Waals surface area contributed by atoms with Crippen LogP contribution in [0.3, 0.4) is 0 Å². The van der Waals surface area contributed by atoms with Crippen LogP contribution in [-0.2, 0) is 47.9 Å². The Kier molecular flexibility index (Phi) is 9.23. The molecule has 0 heterocycles. The summed E-state index contributed by atoms with van der Waals surface area (Å²) in [6, 6.07) is 0. The lowest BCUT2D eigenvalue weighted by molar-refractivity contribution is -0.151. The van der Waals surface area contributed by atoms with Crippen LogP contribution in [-0.4, -0.2) is 66.9 Å². The van der Waals surface area contributed by atoms with Gasteiger partial charge < -0.3 is 9.47 Å². The van der Waals surface area contributed by atoms with Gasteiger partial charge in [0.2, 0.25) is 0 Å². The number of ether oxygens (including phenoxy) is 2. The minimum absolute atomic E-state index is 0.0183. The van der Waals surface area contributed by atoms with E-state index in [2.05, 4.69) is 18.9 Å². The van der Waals surface area contributed by atoms with Crippen LogP contribution in [0.4, 0.5) is 0 Å². The molecule has 0 aromatic carbocycles. The minimum Gasteiger partial charge on any atom is -0.469 e. The van der Waals surface area contributed by atoms with Crippen molar-refractivity contribution in [1.29, 1.82) is 0 Å². The summed E-state index contributed by atoms with van der Waals surface area (Å²) in [6.45, 7) is 0. The molecule has 2 aliphatic carbocycles. The highest BCUT2D eigenvalue weighted by atomic mass is 32.2. The highest BCUT2D eigenvalue weighted by Gasteiger charge is 2.44. The van der Waals surface area contributed by atoms with Crippen molar-refractivity contribution in [3.05, 3.63) is 0 Å². The number of carbonyl (C=O) groups is 2. The molecule has 12 nitrogen and oxygen atoms in total. The maximum atomic E-state index is 12.7. The van der Waals surface area contributed by atoms with E-state index in [0.29, 0.717) is 49.9 Å². The van der Waals surface area contributed by atoms with Crippen molar-refractivity contribution in [2.75, 3.05) is 26.7 Å². The summed E-state index contributed by atoms with van der Waals surface area (Å²) >= 11 is 0. The molecule has 0 aromatic rings. The Balaban J connectivity index is 2.36. The van der Waals surface area contributed by atoms with Crippen molar-refractivity contribution in [3.63, 3.8) is 0 Å². The van der Waals surface area contributed by atoms with E-state index < -0.39 is 55.8 Å². The first-order chi connectivity index (χ1) is 15.4. The van der Waals surface area contributed by atoms with Crippen LogP contribution in [0.5, 0.6) is 0 Å². The molecule has 0 spiro atoms. The number of nitrogens with zero attached hydrogens (tertiary/aromatic N) is 2. The molecule has 2 fully saturated rings. The summed E-state index contributed by atoms with van der Waals surface area (Å²) in [6.07, 6.45) is 5.01. The Labute approximate surface area is 193 Å². The quantitative estimate of drug-likeness (QED) is 0.308. The molecule has 0 N–H and O–H groups in total. The molecule has 33 heavy (non-hydrogen) atoms. The molecule has 14 heteroatoms. The number of esters is 2. The zero-order valence-corrected chi connectivity index (χ0v) is 20.7. The molecule has 4 atom stereocenters. The predicted molar refractivity (Wildman–Crippen MR) is 117 cm³/mol. The largest absolute Gasteiger partial charge is 0.469 e. The van der Waals surface area contributed by atoms with E-state index >= 15 is 0 Å². The van der Waals surface area contributed by atoms with E-state index in [1.165, 1.54) is 14.2 Å². The summed E-state index contributed by atoms with van der Waals surface area (Å²) < 4.78 is 64.5. The molecule has 0 saturated heterocycles. The van der Waals surface area contributed by atoms with Crippen LogP contribution in [0.1, 0.15) is 44.9 Å². The van der Waals surface area contributed by atoms with E-state index in [9.17, 15) is 26.4 Å². The first kappa shape index (κ1) is 27.0. The van der Waals surface area contributed by atoms with Crippen molar-refractivity contribution < 1.29 is 44.5 Å². The van der Waals surface area contributed by atoms with Gasteiger partial charge in [0, 0.05) is 11.8 Å². The topological polar surface area (TPSA) is 164 Å². The van der Waals surface area contributed by atoms with Crippen molar-refractivity contribution >= 4 is 43.6 Å². The van der Waals surface area contributed by atoms with Crippen LogP contribution < -0.4 is 0 Å².